The summed E-state index contributed by atoms with van der Waals surface area (Å²) in [5.74, 6) is 0.834. The molecule has 7 heteroatoms. The molecule has 31 heavy (non-hydrogen) atoms. The molecule has 0 amide bonds. The zero-order valence-electron chi connectivity index (χ0n) is 18.1. The maximum atomic E-state index is 10.7. The number of hydrogen-bond acceptors (Lipinski definition) is 6. The van der Waals surface area contributed by atoms with Crippen LogP contribution in [0.3, 0.4) is 0 Å². The number of β-amino-alcohol motifs (C(OH)–C–C–N with tert-alkyl or cyclic N) is 1. The standard InChI is InChI=1S/C24H30N6O/c1-19-6-9-26-23(27-19)29-11-7-24(8-12-29)14-22(31)16-28(17-24)15-20-2-4-21(5-3-20)30-13-10-25-18-30/h2-6,9-10,13,18,22,31H,7-8,11-12,14-17H2,1H3. The number of hydrogen-bond donors (Lipinski definition) is 1. The molecule has 3 aromatic rings. The van der Waals surface area contributed by atoms with Crippen LogP contribution in [0.5, 0.6) is 0 Å². The minimum absolute atomic E-state index is 0.175. The van der Waals surface area contributed by atoms with E-state index in [1.165, 1.54) is 5.56 Å². The molecule has 2 fully saturated rings. The van der Waals surface area contributed by atoms with Crippen LogP contribution in [-0.2, 0) is 6.54 Å². The lowest BCUT2D eigenvalue weighted by molar-refractivity contribution is -0.0252. The fourth-order valence-corrected chi connectivity index (χ4v) is 5.16. The number of aryl methyl sites for hydroxylation is 1. The quantitative estimate of drug-likeness (QED) is 0.703. The second kappa shape index (κ2) is 8.40. The average molecular weight is 419 g/mol. The van der Waals surface area contributed by atoms with Gasteiger partial charge >= 0.3 is 0 Å². The molecule has 0 saturated carbocycles. The van der Waals surface area contributed by atoms with Crippen LogP contribution in [0.25, 0.3) is 5.69 Å². The number of benzene rings is 1. The van der Waals surface area contributed by atoms with E-state index in [0.717, 1.165) is 69.3 Å². The van der Waals surface area contributed by atoms with Gasteiger partial charge in [0.25, 0.3) is 0 Å². The van der Waals surface area contributed by atoms with Gasteiger partial charge in [-0.15, -0.1) is 0 Å². The number of rotatable bonds is 4. The van der Waals surface area contributed by atoms with E-state index in [1.807, 2.05) is 36.3 Å². The number of likely N-dealkylation sites (tertiary alicyclic amines) is 1. The summed E-state index contributed by atoms with van der Waals surface area (Å²) in [6.07, 6.45) is 10.2. The third kappa shape index (κ3) is 4.48. The summed E-state index contributed by atoms with van der Waals surface area (Å²) in [5, 5.41) is 10.7. The number of nitrogens with zero attached hydrogens (tertiary/aromatic N) is 6. The van der Waals surface area contributed by atoms with Gasteiger partial charge in [0.1, 0.15) is 0 Å². The van der Waals surface area contributed by atoms with Crippen molar-refractivity contribution in [3.63, 3.8) is 0 Å². The normalized spacial score (nSPS) is 21.5. The van der Waals surface area contributed by atoms with Crippen LogP contribution in [0, 0.1) is 12.3 Å². The van der Waals surface area contributed by atoms with Crippen LogP contribution < -0.4 is 4.90 Å². The van der Waals surface area contributed by atoms with Crippen molar-refractivity contribution in [1.82, 2.24) is 24.4 Å². The summed E-state index contributed by atoms with van der Waals surface area (Å²) >= 11 is 0. The molecular weight excluding hydrogens is 388 g/mol. The Hall–Kier alpha value is -2.77. The van der Waals surface area contributed by atoms with Crippen LogP contribution >= 0.6 is 0 Å². The van der Waals surface area contributed by atoms with Crippen molar-refractivity contribution >= 4 is 5.95 Å². The van der Waals surface area contributed by atoms with Gasteiger partial charge in [-0.1, -0.05) is 12.1 Å². The van der Waals surface area contributed by atoms with Crippen LogP contribution in [0.15, 0.2) is 55.2 Å². The molecule has 1 spiro atoms. The van der Waals surface area contributed by atoms with E-state index in [9.17, 15) is 5.11 Å². The molecule has 2 aromatic heterocycles. The summed E-state index contributed by atoms with van der Waals surface area (Å²) in [4.78, 5) is 17.9. The SMILES string of the molecule is Cc1ccnc(N2CCC3(CC2)CC(O)CN(Cc2ccc(-n4ccnc4)cc2)C3)n1. The minimum atomic E-state index is -0.263. The summed E-state index contributed by atoms with van der Waals surface area (Å²) in [5.41, 5.74) is 3.57. The lowest BCUT2D eigenvalue weighted by Crippen LogP contribution is -2.53. The van der Waals surface area contributed by atoms with E-state index >= 15 is 0 Å². The van der Waals surface area contributed by atoms with Crippen molar-refractivity contribution < 1.29 is 5.11 Å². The molecule has 7 nitrogen and oxygen atoms in total. The van der Waals surface area contributed by atoms with Gasteiger partial charge in [-0.25, -0.2) is 15.0 Å². The van der Waals surface area contributed by atoms with Crippen LogP contribution in [0.2, 0.25) is 0 Å². The zero-order chi connectivity index (χ0) is 21.3. The molecule has 2 aliphatic heterocycles. The lowest BCUT2D eigenvalue weighted by atomic mass is 9.71. The fourth-order valence-electron chi connectivity index (χ4n) is 5.16. The Kier molecular flexibility index (Phi) is 5.46. The predicted octanol–water partition coefficient (Wildman–Crippen LogP) is 2.82. The summed E-state index contributed by atoms with van der Waals surface area (Å²) < 4.78 is 2.01. The van der Waals surface area contributed by atoms with E-state index in [-0.39, 0.29) is 11.5 Å². The molecule has 0 radical (unpaired) electrons. The smallest absolute Gasteiger partial charge is 0.225 e. The highest BCUT2D eigenvalue weighted by molar-refractivity contribution is 5.35. The van der Waals surface area contributed by atoms with E-state index in [2.05, 4.69) is 49.0 Å². The average Bonchev–Trinajstić information content (AvgIpc) is 3.29. The van der Waals surface area contributed by atoms with Crippen LogP contribution in [-0.4, -0.2) is 61.8 Å². The number of imidazole rings is 1. The van der Waals surface area contributed by atoms with E-state index in [0.29, 0.717) is 0 Å². The number of aliphatic hydroxyl groups excluding tert-OH is 1. The second-order valence-electron chi connectivity index (χ2n) is 9.15. The molecule has 4 heterocycles. The minimum Gasteiger partial charge on any atom is -0.392 e. The molecule has 0 aliphatic carbocycles. The van der Waals surface area contributed by atoms with Gasteiger partial charge in [0, 0.05) is 62.7 Å². The second-order valence-corrected chi connectivity index (χ2v) is 9.15. The molecule has 1 unspecified atom stereocenters. The van der Waals surface area contributed by atoms with Gasteiger partial charge < -0.3 is 14.6 Å². The highest BCUT2D eigenvalue weighted by Crippen LogP contribution is 2.40. The highest BCUT2D eigenvalue weighted by atomic mass is 16.3. The Morgan fingerprint density at radius 1 is 1.10 bits per heavy atom. The molecule has 1 N–H and O–H groups in total. The topological polar surface area (TPSA) is 70.3 Å². The van der Waals surface area contributed by atoms with Gasteiger partial charge in [-0.3, -0.25) is 4.90 Å². The molecule has 0 bridgehead atoms. The molecule has 2 saturated heterocycles. The van der Waals surface area contributed by atoms with Gasteiger partial charge in [0.15, 0.2) is 0 Å². The Morgan fingerprint density at radius 3 is 2.61 bits per heavy atom. The van der Waals surface area contributed by atoms with Crippen molar-refractivity contribution in [1.29, 1.82) is 0 Å². The first-order valence-corrected chi connectivity index (χ1v) is 11.1. The van der Waals surface area contributed by atoms with E-state index in [1.54, 1.807) is 6.20 Å². The Morgan fingerprint density at radius 2 is 1.90 bits per heavy atom. The fraction of sp³-hybridized carbons (Fsp3) is 0.458. The summed E-state index contributed by atoms with van der Waals surface area (Å²) in [7, 11) is 0. The highest BCUT2D eigenvalue weighted by Gasteiger charge is 2.41. The zero-order valence-corrected chi connectivity index (χ0v) is 18.1. The van der Waals surface area contributed by atoms with Gasteiger partial charge in [0.05, 0.1) is 12.4 Å². The van der Waals surface area contributed by atoms with E-state index < -0.39 is 0 Å². The molecule has 5 rings (SSSR count). The third-order valence-electron chi connectivity index (χ3n) is 6.73. The molecular formula is C24H30N6O. The van der Waals surface area contributed by atoms with Gasteiger partial charge in [-0.05, 0) is 55.4 Å². The first kappa shape index (κ1) is 20.2. The lowest BCUT2D eigenvalue weighted by Gasteiger charge is -2.49. The van der Waals surface area contributed by atoms with Crippen molar-refractivity contribution in [2.24, 2.45) is 5.41 Å². The first-order valence-electron chi connectivity index (χ1n) is 11.1. The van der Waals surface area contributed by atoms with Crippen molar-refractivity contribution in [2.75, 3.05) is 31.1 Å². The summed E-state index contributed by atoms with van der Waals surface area (Å²) in [6.45, 7) is 6.56. The van der Waals surface area contributed by atoms with Crippen LogP contribution in [0.1, 0.15) is 30.5 Å². The molecule has 162 valence electrons. The van der Waals surface area contributed by atoms with Crippen molar-refractivity contribution in [3.05, 3.63) is 66.5 Å². The number of anilines is 1. The van der Waals surface area contributed by atoms with E-state index in [4.69, 9.17) is 0 Å². The summed E-state index contributed by atoms with van der Waals surface area (Å²) in [6, 6.07) is 10.6. The first-order chi connectivity index (χ1) is 15.1. The largest absolute Gasteiger partial charge is 0.392 e. The molecule has 1 aromatic carbocycles. The number of piperidine rings is 2. The molecule has 1 atom stereocenters. The number of aromatic nitrogens is 4. The Labute approximate surface area is 183 Å². The Balaban J connectivity index is 1.23. The predicted molar refractivity (Wildman–Crippen MR) is 120 cm³/mol. The third-order valence-corrected chi connectivity index (χ3v) is 6.73. The number of aliphatic hydroxyl groups is 1. The maximum Gasteiger partial charge on any atom is 0.225 e. The Bertz CT molecular complexity index is 995. The van der Waals surface area contributed by atoms with Crippen molar-refractivity contribution in [3.8, 4) is 5.69 Å². The van der Waals surface area contributed by atoms with Crippen molar-refractivity contribution in [2.45, 2.75) is 38.8 Å². The van der Waals surface area contributed by atoms with Crippen LogP contribution in [0.4, 0.5) is 5.95 Å². The molecule has 2 aliphatic rings. The maximum absolute atomic E-state index is 10.7. The monoisotopic (exact) mass is 418 g/mol. The van der Waals surface area contributed by atoms with Gasteiger partial charge in [0.2, 0.25) is 5.95 Å². The van der Waals surface area contributed by atoms with Gasteiger partial charge in [-0.2, -0.15) is 0 Å².